The Balaban J connectivity index is 1.66. The lowest BCUT2D eigenvalue weighted by molar-refractivity contribution is -0.185. The molecule has 0 spiro atoms. The monoisotopic (exact) mass is 359 g/mol. The van der Waals surface area contributed by atoms with Crippen LogP contribution in [0, 0.1) is 17.8 Å². The molecular weight excluding hydrogens is 323 g/mol. The molecule has 3 saturated carbocycles. The zero-order chi connectivity index (χ0) is 18.0. The van der Waals surface area contributed by atoms with Crippen LogP contribution in [0.1, 0.15) is 90.9 Å². The topological polar surface area (TPSA) is 3.24 Å². The molecule has 0 aliphatic heterocycles. The molecule has 3 fully saturated rings. The summed E-state index contributed by atoms with van der Waals surface area (Å²) in [6.45, 7) is 4.69. The van der Waals surface area contributed by atoms with Crippen molar-refractivity contribution in [3.8, 4) is 0 Å². The van der Waals surface area contributed by atoms with Gasteiger partial charge in [-0.05, 0) is 88.9 Å². The number of alkyl halides is 3. The maximum Gasteiger partial charge on any atom is 0.391 e. The molecule has 146 valence electrons. The quantitative estimate of drug-likeness (QED) is 0.551. The van der Waals surface area contributed by atoms with E-state index in [2.05, 4.69) is 18.7 Å². The van der Waals surface area contributed by atoms with Crippen LogP contribution in [0.25, 0.3) is 0 Å². The predicted molar refractivity (Wildman–Crippen MR) is 96.5 cm³/mol. The van der Waals surface area contributed by atoms with Gasteiger partial charge in [0, 0.05) is 18.1 Å². The molecule has 0 amide bonds. The van der Waals surface area contributed by atoms with Crippen LogP contribution in [0.4, 0.5) is 13.2 Å². The zero-order valence-corrected chi connectivity index (χ0v) is 16.0. The second-order valence-corrected chi connectivity index (χ2v) is 9.32. The normalized spacial score (nSPS) is 41.0. The third-order valence-corrected chi connectivity index (χ3v) is 7.40. The first kappa shape index (κ1) is 19.5. The van der Waals surface area contributed by atoms with Crippen LogP contribution < -0.4 is 0 Å². The zero-order valence-electron chi connectivity index (χ0n) is 16.0. The molecule has 0 radical (unpaired) electrons. The Hall–Kier alpha value is -0.250. The van der Waals surface area contributed by atoms with E-state index >= 15 is 0 Å². The fourth-order valence-electron chi connectivity index (χ4n) is 5.68. The van der Waals surface area contributed by atoms with Crippen molar-refractivity contribution in [2.75, 3.05) is 0 Å². The minimum absolute atomic E-state index is 0.344. The molecule has 25 heavy (non-hydrogen) atoms. The first-order chi connectivity index (χ1) is 11.8. The molecule has 1 nitrogen and oxygen atoms in total. The summed E-state index contributed by atoms with van der Waals surface area (Å²) < 4.78 is 39.2. The van der Waals surface area contributed by atoms with Crippen LogP contribution >= 0.6 is 0 Å². The van der Waals surface area contributed by atoms with Crippen molar-refractivity contribution in [2.45, 2.75) is 115 Å². The van der Waals surface area contributed by atoms with Crippen LogP contribution in [-0.2, 0) is 0 Å². The molecule has 4 heteroatoms. The van der Waals surface area contributed by atoms with E-state index < -0.39 is 12.1 Å². The smallest absolute Gasteiger partial charge is 0.294 e. The third kappa shape index (κ3) is 4.93. The van der Waals surface area contributed by atoms with Gasteiger partial charge in [-0.1, -0.05) is 13.8 Å². The van der Waals surface area contributed by atoms with Gasteiger partial charge >= 0.3 is 6.18 Å². The van der Waals surface area contributed by atoms with Gasteiger partial charge in [-0.2, -0.15) is 13.2 Å². The lowest BCUT2D eigenvalue weighted by Crippen LogP contribution is -2.53. The lowest BCUT2D eigenvalue weighted by atomic mass is 9.78. The Morgan fingerprint density at radius 3 is 1.20 bits per heavy atom. The third-order valence-electron chi connectivity index (χ3n) is 7.40. The predicted octanol–water partition coefficient (Wildman–Crippen LogP) is 6.57. The van der Waals surface area contributed by atoms with Crippen molar-refractivity contribution in [3.05, 3.63) is 0 Å². The van der Waals surface area contributed by atoms with Gasteiger partial charge in [-0.25, -0.2) is 0 Å². The first-order valence-corrected chi connectivity index (χ1v) is 10.7. The Bertz CT molecular complexity index is 376. The number of hydrogen-bond acceptors (Lipinski definition) is 1. The van der Waals surface area contributed by atoms with E-state index in [4.69, 9.17) is 0 Å². The molecule has 0 N–H and O–H groups in total. The number of rotatable bonds is 3. The summed E-state index contributed by atoms with van der Waals surface area (Å²) >= 11 is 0. The van der Waals surface area contributed by atoms with E-state index in [1.807, 2.05) is 0 Å². The maximum atomic E-state index is 13.1. The molecular formula is C21H36F3N. The van der Waals surface area contributed by atoms with Crippen LogP contribution in [0.2, 0.25) is 0 Å². The number of nitrogens with zero attached hydrogens (tertiary/aromatic N) is 1. The molecule has 3 aliphatic rings. The molecule has 0 saturated heterocycles. The molecule has 0 aromatic rings. The maximum absolute atomic E-state index is 13.1. The molecule has 0 bridgehead atoms. The van der Waals surface area contributed by atoms with E-state index in [9.17, 15) is 13.2 Å². The molecule has 0 aromatic heterocycles. The summed E-state index contributed by atoms with van der Waals surface area (Å²) in [6.07, 6.45) is 8.40. The lowest BCUT2D eigenvalue weighted by Gasteiger charge is -2.49. The fraction of sp³-hybridized carbons (Fsp3) is 1.00. The van der Waals surface area contributed by atoms with Crippen LogP contribution in [-0.4, -0.2) is 29.2 Å². The van der Waals surface area contributed by atoms with Crippen molar-refractivity contribution < 1.29 is 13.2 Å². The second-order valence-electron chi connectivity index (χ2n) is 9.32. The van der Waals surface area contributed by atoms with Gasteiger partial charge in [0.2, 0.25) is 0 Å². The second kappa shape index (κ2) is 8.19. The van der Waals surface area contributed by atoms with Gasteiger partial charge in [0.1, 0.15) is 0 Å². The standard InChI is InChI=1S/C21H36F3N/c1-15-3-9-18(10-4-15)25(19-11-5-16(2)6-12-19)20-13-7-17(8-14-20)21(22,23)24/h15-20H,3-14H2,1-2H3. The Morgan fingerprint density at radius 1 is 0.560 bits per heavy atom. The summed E-state index contributed by atoms with van der Waals surface area (Å²) in [5.41, 5.74) is 0. The summed E-state index contributed by atoms with van der Waals surface area (Å²) in [5.74, 6) is 0.597. The highest BCUT2D eigenvalue weighted by atomic mass is 19.4. The largest absolute Gasteiger partial charge is 0.391 e. The van der Waals surface area contributed by atoms with Gasteiger partial charge in [0.15, 0.2) is 0 Å². The fourth-order valence-corrected chi connectivity index (χ4v) is 5.68. The van der Waals surface area contributed by atoms with E-state index in [-0.39, 0.29) is 0 Å². The summed E-state index contributed by atoms with van der Waals surface area (Å²) in [4.78, 5) is 2.75. The average Bonchev–Trinajstić information content (AvgIpc) is 2.58. The molecule has 0 unspecified atom stereocenters. The van der Waals surface area contributed by atoms with Crippen molar-refractivity contribution in [1.82, 2.24) is 4.90 Å². The van der Waals surface area contributed by atoms with E-state index in [1.54, 1.807) is 0 Å². The van der Waals surface area contributed by atoms with Crippen molar-refractivity contribution in [2.24, 2.45) is 17.8 Å². The van der Waals surface area contributed by atoms with Crippen LogP contribution in [0.15, 0.2) is 0 Å². The highest BCUT2D eigenvalue weighted by Gasteiger charge is 2.44. The summed E-state index contributed by atoms with van der Waals surface area (Å²) in [5, 5.41) is 0. The minimum atomic E-state index is -3.99. The average molecular weight is 360 g/mol. The van der Waals surface area contributed by atoms with Gasteiger partial charge in [0.05, 0.1) is 5.92 Å². The van der Waals surface area contributed by atoms with E-state index in [1.165, 1.54) is 51.4 Å². The molecule has 0 aromatic carbocycles. The highest BCUT2D eigenvalue weighted by molar-refractivity contribution is 4.92. The van der Waals surface area contributed by atoms with Crippen LogP contribution in [0.3, 0.4) is 0 Å². The first-order valence-electron chi connectivity index (χ1n) is 10.7. The number of hydrogen-bond donors (Lipinski definition) is 0. The molecule has 3 rings (SSSR count). The van der Waals surface area contributed by atoms with E-state index in [0.717, 1.165) is 24.7 Å². The molecule has 0 atom stereocenters. The molecule has 0 heterocycles. The van der Waals surface area contributed by atoms with Gasteiger partial charge in [-0.15, -0.1) is 0 Å². The van der Waals surface area contributed by atoms with Crippen molar-refractivity contribution >= 4 is 0 Å². The van der Waals surface area contributed by atoms with Crippen molar-refractivity contribution in [1.29, 1.82) is 0 Å². The van der Waals surface area contributed by atoms with Gasteiger partial charge in [-0.3, -0.25) is 4.90 Å². The SMILES string of the molecule is CC1CCC(N(C2CCC(C)CC2)C2CCC(C(F)(F)F)CC2)CC1. The Morgan fingerprint density at radius 2 is 0.880 bits per heavy atom. The van der Waals surface area contributed by atoms with E-state index in [0.29, 0.717) is 31.0 Å². The minimum Gasteiger partial charge on any atom is -0.294 e. The van der Waals surface area contributed by atoms with Crippen LogP contribution in [0.5, 0.6) is 0 Å². The summed E-state index contributed by atoms with van der Waals surface area (Å²) in [7, 11) is 0. The van der Waals surface area contributed by atoms with Gasteiger partial charge < -0.3 is 0 Å². The summed E-state index contributed by atoms with van der Waals surface area (Å²) in [6, 6.07) is 1.65. The Labute approximate surface area is 151 Å². The van der Waals surface area contributed by atoms with Gasteiger partial charge in [0.25, 0.3) is 0 Å². The number of halogens is 3. The molecule has 3 aliphatic carbocycles. The van der Waals surface area contributed by atoms with Crippen molar-refractivity contribution in [3.63, 3.8) is 0 Å². The Kier molecular flexibility index (Phi) is 6.39. The highest BCUT2D eigenvalue weighted by Crippen LogP contribution is 2.42.